The highest BCUT2D eigenvalue weighted by Gasteiger charge is 2.24. The van der Waals surface area contributed by atoms with Gasteiger partial charge in [0, 0.05) is 12.6 Å². The molecule has 0 aromatic rings. The van der Waals surface area contributed by atoms with Gasteiger partial charge < -0.3 is 10.4 Å². The quantitative estimate of drug-likeness (QED) is 0.661. The summed E-state index contributed by atoms with van der Waals surface area (Å²) in [4.78, 5) is 11.2. The second-order valence-corrected chi connectivity index (χ2v) is 4.28. The van der Waals surface area contributed by atoms with Crippen molar-refractivity contribution in [3.8, 4) is 11.8 Å². The highest BCUT2D eigenvalue weighted by molar-refractivity contribution is 5.93. The van der Waals surface area contributed by atoms with Gasteiger partial charge in [-0.05, 0) is 24.7 Å². The Labute approximate surface area is 85.9 Å². The number of carbonyl (C=O) groups is 1. The molecule has 3 nitrogen and oxygen atoms in total. The zero-order valence-corrected chi connectivity index (χ0v) is 9.35. The lowest BCUT2D eigenvalue weighted by molar-refractivity contribution is -0.117. The molecular formula is C11H19NO2. The Morgan fingerprint density at radius 3 is 2.43 bits per heavy atom. The third kappa shape index (κ3) is 4.88. The van der Waals surface area contributed by atoms with Crippen LogP contribution in [0.4, 0.5) is 0 Å². The molecule has 1 unspecified atom stereocenters. The standard InChI is InChI=1S/C11H19NO2/c1-5-6-10(14)12-9(7-8-13)11(2,3)4/h9,13H,7-8H2,1-4H3,(H,12,14). The summed E-state index contributed by atoms with van der Waals surface area (Å²) in [6.07, 6.45) is 0.556. The summed E-state index contributed by atoms with van der Waals surface area (Å²) in [5, 5.41) is 11.6. The molecule has 0 rings (SSSR count). The molecule has 0 aliphatic rings. The van der Waals surface area contributed by atoms with Gasteiger partial charge in [-0.3, -0.25) is 4.79 Å². The molecule has 0 bridgehead atoms. The van der Waals surface area contributed by atoms with Gasteiger partial charge >= 0.3 is 0 Å². The Morgan fingerprint density at radius 2 is 2.07 bits per heavy atom. The van der Waals surface area contributed by atoms with Crippen LogP contribution in [0.2, 0.25) is 0 Å². The van der Waals surface area contributed by atoms with Crippen molar-refractivity contribution in [1.82, 2.24) is 5.32 Å². The molecule has 0 aliphatic heterocycles. The fraction of sp³-hybridized carbons (Fsp3) is 0.727. The monoisotopic (exact) mass is 197 g/mol. The van der Waals surface area contributed by atoms with Crippen molar-refractivity contribution >= 4 is 5.91 Å². The van der Waals surface area contributed by atoms with E-state index in [1.165, 1.54) is 0 Å². The average molecular weight is 197 g/mol. The fourth-order valence-electron chi connectivity index (χ4n) is 1.16. The summed E-state index contributed by atoms with van der Waals surface area (Å²) < 4.78 is 0. The van der Waals surface area contributed by atoms with Crippen LogP contribution in [0.15, 0.2) is 0 Å². The van der Waals surface area contributed by atoms with Crippen molar-refractivity contribution < 1.29 is 9.90 Å². The molecule has 14 heavy (non-hydrogen) atoms. The van der Waals surface area contributed by atoms with Gasteiger partial charge in [0.05, 0.1) is 0 Å². The molecule has 0 heterocycles. The molecule has 3 heteroatoms. The molecule has 0 fully saturated rings. The van der Waals surface area contributed by atoms with Crippen LogP contribution in [0, 0.1) is 17.3 Å². The Morgan fingerprint density at radius 1 is 1.50 bits per heavy atom. The van der Waals surface area contributed by atoms with Crippen molar-refractivity contribution in [2.75, 3.05) is 6.61 Å². The van der Waals surface area contributed by atoms with Crippen LogP contribution in [-0.4, -0.2) is 23.7 Å². The van der Waals surface area contributed by atoms with Gasteiger partial charge in [-0.2, -0.15) is 0 Å². The van der Waals surface area contributed by atoms with Gasteiger partial charge in [-0.25, -0.2) is 0 Å². The number of nitrogens with one attached hydrogen (secondary N) is 1. The predicted molar refractivity (Wildman–Crippen MR) is 56.5 cm³/mol. The summed E-state index contributed by atoms with van der Waals surface area (Å²) in [5.74, 6) is 4.69. The molecule has 1 atom stereocenters. The summed E-state index contributed by atoms with van der Waals surface area (Å²) >= 11 is 0. The van der Waals surface area contributed by atoms with Gasteiger partial charge in [-0.1, -0.05) is 26.7 Å². The molecule has 0 aromatic carbocycles. The van der Waals surface area contributed by atoms with E-state index < -0.39 is 0 Å². The number of amides is 1. The highest BCUT2D eigenvalue weighted by atomic mass is 16.3. The van der Waals surface area contributed by atoms with Crippen molar-refractivity contribution in [3.05, 3.63) is 0 Å². The molecular weight excluding hydrogens is 178 g/mol. The molecule has 1 amide bonds. The SMILES string of the molecule is CC#CC(=O)NC(CCO)C(C)(C)C. The molecule has 0 aromatic heterocycles. The largest absolute Gasteiger partial charge is 0.396 e. The van der Waals surface area contributed by atoms with E-state index >= 15 is 0 Å². The smallest absolute Gasteiger partial charge is 0.296 e. The van der Waals surface area contributed by atoms with Crippen molar-refractivity contribution in [2.45, 2.75) is 40.2 Å². The van der Waals surface area contributed by atoms with E-state index in [9.17, 15) is 4.79 Å². The van der Waals surface area contributed by atoms with Crippen LogP contribution < -0.4 is 5.32 Å². The number of carbonyl (C=O) groups excluding carboxylic acids is 1. The minimum Gasteiger partial charge on any atom is -0.396 e. The molecule has 2 N–H and O–H groups in total. The second-order valence-electron chi connectivity index (χ2n) is 4.28. The van der Waals surface area contributed by atoms with Crippen LogP contribution in [0.3, 0.4) is 0 Å². The molecule has 0 spiro atoms. The summed E-state index contributed by atoms with van der Waals surface area (Å²) in [5.41, 5.74) is -0.0617. The van der Waals surface area contributed by atoms with Crippen molar-refractivity contribution in [3.63, 3.8) is 0 Å². The molecule has 80 valence electrons. The molecule has 0 aliphatic carbocycles. The van der Waals surface area contributed by atoms with Crippen LogP contribution in [-0.2, 0) is 4.79 Å². The number of hydrogen-bond acceptors (Lipinski definition) is 2. The van der Waals surface area contributed by atoms with Gasteiger partial charge in [0.15, 0.2) is 0 Å². The number of aliphatic hydroxyl groups is 1. The molecule has 0 saturated carbocycles. The van der Waals surface area contributed by atoms with Crippen molar-refractivity contribution in [2.24, 2.45) is 5.41 Å². The topological polar surface area (TPSA) is 49.3 Å². The zero-order chi connectivity index (χ0) is 11.2. The first-order valence-electron chi connectivity index (χ1n) is 4.76. The van der Waals surface area contributed by atoms with Crippen LogP contribution in [0.25, 0.3) is 0 Å². The lowest BCUT2D eigenvalue weighted by Gasteiger charge is -2.30. The summed E-state index contributed by atoms with van der Waals surface area (Å²) in [6, 6.07) is -0.0409. The van der Waals surface area contributed by atoms with E-state index in [0.717, 1.165) is 0 Å². The normalized spacial score (nSPS) is 12.6. The van der Waals surface area contributed by atoms with E-state index in [0.29, 0.717) is 6.42 Å². The first-order chi connectivity index (χ1) is 6.41. The molecule has 0 radical (unpaired) electrons. The maximum absolute atomic E-state index is 11.2. The van der Waals surface area contributed by atoms with Gasteiger partial charge in [0.2, 0.25) is 0 Å². The number of hydrogen-bond donors (Lipinski definition) is 2. The van der Waals surface area contributed by atoms with E-state index in [1.807, 2.05) is 20.8 Å². The maximum atomic E-state index is 11.2. The average Bonchev–Trinajstić information content (AvgIpc) is 2.02. The first-order valence-corrected chi connectivity index (χ1v) is 4.76. The summed E-state index contributed by atoms with van der Waals surface area (Å²) in [7, 11) is 0. The Hall–Kier alpha value is -1.01. The van der Waals surface area contributed by atoms with E-state index in [2.05, 4.69) is 17.2 Å². The minimum absolute atomic E-state index is 0.0409. The Balaban J connectivity index is 4.35. The van der Waals surface area contributed by atoms with Crippen LogP contribution >= 0.6 is 0 Å². The van der Waals surface area contributed by atoms with E-state index in [1.54, 1.807) is 6.92 Å². The first kappa shape index (κ1) is 13.0. The van der Waals surface area contributed by atoms with Crippen molar-refractivity contribution in [1.29, 1.82) is 0 Å². The Kier molecular flexibility index (Phi) is 5.26. The van der Waals surface area contributed by atoms with Crippen LogP contribution in [0.1, 0.15) is 34.1 Å². The number of aliphatic hydroxyl groups excluding tert-OH is 1. The van der Waals surface area contributed by atoms with Gasteiger partial charge in [0.1, 0.15) is 0 Å². The number of rotatable bonds is 3. The minimum atomic E-state index is -0.277. The van der Waals surface area contributed by atoms with Gasteiger partial charge in [0.25, 0.3) is 5.91 Å². The Bertz CT molecular complexity index is 242. The van der Waals surface area contributed by atoms with E-state index in [-0.39, 0.29) is 24.0 Å². The van der Waals surface area contributed by atoms with E-state index in [4.69, 9.17) is 5.11 Å². The third-order valence-electron chi connectivity index (χ3n) is 2.01. The van der Waals surface area contributed by atoms with Gasteiger partial charge in [-0.15, -0.1) is 0 Å². The zero-order valence-electron chi connectivity index (χ0n) is 9.35. The third-order valence-corrected chi connectivity index (χ3v) is 2.01. The summed E-state index contributed by atoms with van der Waals surface area (Å²) in [6.45, 7) is 7.76. The second kappa shape index (κ2) is 5.66. The molecule has 0 saturated heterocycles. The fourth-order valence-corrected chi connectivity index (χ4v) is 1.16. The lowest BCUT2D eigenvalue weighted by Crippen LogP contribution is -2.43. The highest BCUT2D eigenvalue weighted by Crippen LogP contribution is 2.21. The maximum Gasteiger partial charge on any atom is 0.296 e. The van der Waals surface area contributed by atoms with Crippen LogP contribution in [0.5, 0.6) is 0 Å². The lowest BCUT2D eigenvalue weighted by atomic mass is 9.85. The predicted octanol–water partition coefficient (Wildman–Crippen LogP) is 0.923.